The average Bonchev–Trinajstić information content (AvgIpc) is 2.45. The van der Waals surface area contributed by atoms with Crippen LogP contribution in [0.1, 0.15) is 40.0 Å². The fraction of sp³-hybridized carbons (Fsp3) is 0.588. The van der Waals surface area contributed by atoms with E-state index in [-0.39, 0.29) is 12.1 Å². The largest absolute Gasteiger partial charge is 0.444 e. The summed E-state index contributed by atoms with van der Waals surface area (Å²) in [6.45, 7) is 7.13. The molecule has 1 atom stereocenters. The van der Waals surface area contributed by atoms with Gasteiger partial charge in [-0.3, -0.25) is 0 Å². The van der Waals surface area contributed by atoms with Gasteiger partial charge in [0.05, 0.1) is 17.4 Å². The number of nitrogens with two attached hydrogens (primary N) is 1. The highest BCUT2D eigenvalue weighted by atomic mass is 16.6. The van der Waals surface area contributed by atoms with Gasteiger partial charge in [-0.15, -0.1) is 0 Å². The number of likely N-dealkylation sites (tertiary alicyclic amines) is 1. The van der Waals surface area contributed by atoms with Gasteiger partial charge in [0, 0.05) is 13.1 Å². The van der Waals surface area contributed by atoms with Gasteiger partial charge in [-0.05, 0) is 52.2 Å². The maximum Gasteiger partial charge on any atom is 0.410 e. The van der Waals surface area contributed by atoms with E-state index in [9.17, 15) is 4.79 Å². The summed E-state index contributed by atoms with van der Waals surface area (Å²) >= 11 is 0. The zero-order chi connectivity index (χ0) is 16.2. The van der Waals surface area contributed by atoms with Crippen LogP contribution >= 0.6 is 0 Å². The summed E-state index contributed by atoms with van der Waals surface area (Å²) in [6.07, 6.45) is 2.93. The first kappa shape index (κ1) is 16.5. The van der Waals surface area contributed by atoms with E-state index in [2.05, 4.69) is 5.32 Å². The third kappa shape index (κ3) is 4.55. The fourth-order valence-corrected chi connectivity index (χ4v) is 2.66. The Balaban J connectivity index is 1.98. The first-order valence-corrected chi connectivity index (χ1v) is 7.95. The topological polar surface area (TPSA) is 67.6 Å². The van der Waals surface area contributed by atoms with E-state index in [1.54, 1.807) is 0 Å². The van der Waals surface area contributed by atoms with Gasteiger partial charge in [0.1, 0.15) is 5.60 Å². The summed E-state index contributed by atoms with van der Waals surface area (Å²) in [7, 11) is 0. The Hall–Kier alpha value is -1.91. The maximum atomic E-state index is 12.4. The van der Waals surface area contributed by atoms with Crippen molar-refractivity contribution in [2.45, 2.75) is 51.7 Å². The lowest BCUT2D eigenvalue weighted by molar-refractivity contribution is 0.0114. The number of carbonyl (C=O) groups is 1. The first-order valence-electron chi connectivity index (χ1n) is 7.95. The highest BCUT2D eigenvalue weighted by molar-refractivity contribution is 5.69. The van der Waals surface area contributed by atoms with E-state index in [4.69, 9.17) is 10.5 Å². The van der Waals surface area contributed by atoms with E-state index in [1.165, 1.54) is 0 Å². The molecule has 0 aromatic heterocycles. The Morgan fingerprint density at radius 1 is 1.36 bits per heavy atom. The number of hydrogen-bond acceptors (Lipinski definition) is 4. The standard InChI is InChI=1S/C17H27N3O2/c1-17(2,3)22-16(21)20-11-7-6-8-13(20)12-19-15-10-5-4-9-14(15)18/h4-5,9-10,13,19H,6-8,11-12,18H2,1-3H3. The number of anilines is 2. The van der Waals surface area contributed by atoms with Crippen LogP contribution in [0.25, 0.3) is 0 Å². The van der Waals surface area contributed by atoms with Crippen LogP contribution in [0.3, 0.4) is 0 Å². The van der Waals surface area contributed by atoms with Crippen molar-refractivity contribution in [3.05, 3.63) is 24.3 Å². The molecule has 0 aliphatic carbocycles. The lowest BCUT2D eigenvalue weighted by atomic mass is 10.0. The molecule has 1 amide bonds. The minimum atomic E-state index is -0.462. The maximum absolute atomic E-state index is 12.4. The van der Waals surface area contributed by atoms with Gasteiger partial charge in [0.15, 0.2) is 0 Å². The predicted molar refractivity (Wildman–Crippen MR) is 89.9 cm³/mol. The SMILES string of the molecule is CC(C)(C)OC(=O)N1CCCCC1CNc1ccccc1N. The van der Waals surface area contributed by atoms with Crippen LogP contribution in [0.4, 0.5) is 16.2 Å². The normalized spacial score (nSPS) is 18.9. The Kier molecular flexibility index (Phi) is 5.16. The molecule has 5 heteroatoms. The lowest BCUT2D eigenvalue weighted by Crippen LogP contribution is -2.48. The van der Waals surface area contributed by atoms with Crippen molar-refractivity contribution in [2.24, 2.45) is 0 Å². The van der Waals surface area contributed by atoms with Crippen molar-refractivity contribution >= 4 is 17.5 Å². The average molecular weight is 305 g/mol. The molecule has 0 saturated carbocycles. The summed E-state index contributed by atoms with van der Waals surface area (Å²) in [4.78, 5) is 14.2. The van der Waals surface area contributed by atoms with Crippen LogP contribution in [0.2, 0.25) is 0 Å². The molecular formula is C17H27N3O2. The molecule has 1 unspecified atom stereocenters. The van der Waals surface area contributed by atoms with E-state index < -0.39 is 5.60 Å². The number of rotatable bonds is 3. The molecule has 1 saturated heterocycles. The van der Waals surface area contributed by atoms with Crippen LogP contribution in [0.15, 0.2) is 24.3 Å². The summed E-state index contributed by atoms with van der Waals surface area (Å²) in [6, 6.07) is 7.83. The number of piperidine rings is 1. The van der Waals surface area contributed by atoms with Crippen molar-refractivity contribution < 1.29 is 9.53 Å². The number of hydrogen-bond donors (Lipinski definition) is 2. The van der Waals surface area contributed by atoms with Gasteiger partial charge >= 0.3 is 6.09 Å². The molecule has 1 aliphatic heterocycles. The van der Waals surface area contributed by atoms with Crippen LogP contribution in [0, 0.1) is 0 Å². The van der Waals surface area contributed by atoms with Crippen LogP contribution in [-0.4, -0.2) is 35.7 Å². The lowest BCUT2D eigenvalue weighted by Gasteiger charge is -2.37. The summed E-state index contributed by atoms with van der Waals surface area (Å²) in [5.41, 5.74) is 7.12. The summed E-state index contributed by atoms with van der Waals surface area (Å²) in [5.74, 6) is 0. The van der Waals surface area contributed by atoms with Crippen LogP contribution in [-0.2, 0) is 4.74 Å². The molecule has 3 N–H and O–H groups in total. The third-order valence-electron chi connectivity index (χ3n) is 3.74. The Labute approximate surface area is 132 Å². The molecule has 2 rings (SSSR count). The number of para-hydroxylation sites is 2. The third-order valence-corrected chi connectivity index (χ3v) is 3.74. The van der Waals surface area contributed by atoms with Crippen LogP contribution < -0.4 is 11.1 Å². The highest BCUT2D eigenvalue weighted by Crippen LogP contribution is 2.22. The van der Waals surface area contributed by atoms with Crippen molar-refractivity contribution in [1.82, 2.24) is 4.90 Å². The molecule has 1 aromatic carbocycles. The number of nitrogen functional groups attached to an aromatic ring is 1. The fourth-order valence-electron chi connectivity index (χ4n) is 2.66. The highest BCUT2D eigenvalue weighted by Gasteiger charge is 2.30. The second-order valence-corrected chi connectivity index (χ2v) is 6.79. The van der Waals surface area contributed by atoms with E-state index in [0.717, 1.165) is 37.2 Å². The minimum Gasteiger partial charge on any atom is -0.444 e. The molecule has 1 aliphatic rings. The van der Waals surface area contributed by atoms with Crippen molar-refractivity contribution in [3.8, 4) is 0 Å². The zero-order valence-electron chi connectivity index (χ0n) is 13.8. The number of amides is 1. The molecular weight excluding hydrogens is 278 g/mol. The van der Waals surface area contributed by atoms with Crippen molar-refractivity contribution in [2.75, 3.05) is 24.1 Å². The molecule has 0 radical (unpaired) electrons. The molecule has 5 nitrogen and oxygen atoms in total. The zero-order valence-corrected chi connectivity index (χ0v) is 13.8. The Morgan fingerprint density at radius 3 is 2.77 bits per heavy atom. The van der Waals surface area contributed by atoms with Gasteiger partial charge in [-0.2, -0.15) is 0 Å². The Morgan fingerprint density at radius 2 is 2.09 bits per heavy atom. The Bertz CT molecular complexity index is 511. The second-order valence-electron chi connectivity index (χ2n) is 6.79. The van der Waals surface area contributed by atoms with Crippen molar-refractivity contribution in [1.29, 1.82) is 0 Å². The quantitative estimate of drug-likeness (QED) is 0.839. The van der Waals surface area contributed by atoms with Gasteiger partial charge in [-0.1, -0.05) is 12.1 Å². The molecule has 0 bridgehead atoms. The second kappa shape index (κ2) is 6.90. The first-order chi connectivity index (χ1) is 10.4. The number of ether oxygens (including phenoxy) is 1. The predicted octanol–water partition coefficient (Wildman–Crippen LogP) is 3.47. The van der Waals surface area contributed by atoms with Gasteiger partial charge in [-0.25, -0.2) is 4.79 Å². The molecule has 1 fully saturated rings. The molecule has 1 aromatic rings. The van der Waals surface area contributed by atoms with Gasteiger partial charge in [0.2, 0.25) is 0 Å². The number of benzene rings is 1. The summed E-state index contributed by atoms with van der Waals surface area (Å²) < 4.78 is 5.52. The van der Waals surface area contributed by atoms with E-state index in [0.29, 0.717) is 6.54 Å². The van der Waals surface area contributed by atoms with E-state index in [1.807, 2.05) is 49.9 Å². The number of carbonyl (C=O) groups excluding carboxylic acids is 1. The molecule has 22 heavy (non-hydrogen) atoms. The van der Waals surface area contributed by atoms with Gasteiger partial charge in [0.25, 0.3) is 0 Å². The molecule has 122 valence electrons. The van der Waals surface area contributed by atoms with Crippen molar-refractivity contribution in [3.63, 3.8) is 0 Å². The smallest absolute Gasteiger partial charge is 0.410 e. The molecule has 0 spiro atoms. The molecule has 1 heterocycles. The number of nitrogens with zero attached hydrogens (tertiary/aromatic N) is 1. The summed E-state index contributed by atoms with van der Waals surface area (Å²) in [5, 5.41) is 3.36. The van der Waals surface area contributed by atoms with Gasteiger partial charge < -0.3 is 20.7 Å². The monoisotopic (exact) mass is 305 g/mol. The number of nitrogens with one attached hydrogen (secondary N) is 1. The van der Waals surface area contributed by atoms with E-state index >= 15 is 0 Å². The van der Waals surface area contributed by atoms with Crippen LogP contribution in [0.5, 0.6) is 0 Å². The minimum absolute atomic E-state index is 0.142.